The largest absolute Gasteiger partial charge is 0.368 e. The van der Waals surface area contributed by atoms with Crippen molar-refractivity contribution in [2.24, 2.45) is 0 Å². The standard InChI is InChI=1S/2C17H13FN4O/c2*18-13-3-1-2-12(10-13)16(23)21-14-6-4-11(5-7-14)15-8-9-20-17(19)22-15/h2*1-10H,(H,21,23)(H2,19,20,22). The highest BCUT2D eigenvalue weighted by Crippen LogP contribution is 2.21. The first-order valence-corrected chi connectivity index (χ1v) is 13.8. The molecule has 6 aromatic rings. The van der Waals surface area contributed by atoms with Crippen LogP contribution >= 0.6 is 0 Å². The molecule has 2 aromatic heterocycles. The molecule has 6 N–H and O–H groups in total. The van der Waals surface area contributed by atoms with E-state index in [2.05, 4.69) is 30.6 Å². The minimum Gasteiger partial charge on any atom is -0.368 e. The Morgan fingerprint density at radius 1 is 0.543 bits per heavy atom. The number of nitrogens with two attached hydrogens (primary N) is 2. The zero-order chi connectivity index (χ0) is 32.5. The van der Waals surface area contributed by atoms with Crippen molar-refractivity contribution in [2.45, 2.75) is 0 Å². The van der Waals surface area contributed by atoms with Crippen molar-refractivity contribution in [3.8, 4) is 22.5 Å². The van der Waals surface area contributed by atoms with Crippen LogP contribution < -0.4 is 22.1 Å². The minimum atomic E-state index is -0.450. The highest BCUT2D eigenvalue weighted by Gasteiger charge is 2.09. The van der Waals surface area contributed by atoms with Crippen molar-refractivity contribution in [2.75, 3.05) is 22.1 Å². The molecule has 0 bridgehead atoms. The number of halogens is 2. The SMILES string of the molecule is Nc1nccc(-c2ccc(NC(=O)c3cccc(F)c3)cc2)n1.Nc1nccc(-c2ccc(NC(=O)c3cccc(F)c3)cc2)n1. The molecule has 0 aliphatic carbocycles. The third-order valence-electron chi connectivity index (χ3n) is 6.40. The maximum atomic E-state index is 13.1. The Labute approximate surface area is 262 Å². The Kier molecular flexibility index (Phi) is 9.58. The van der Waals surface area contributed by atoms with Gasteiger partial charge in [-0.3, -0.25) is 9.59 Å². The van der Waals surface area contributed by atoms with Crippen LogP contribution in [0.4, 0.5) is 32.1 Å². The summed E-state index contributed by atoms with van der Waals surface area (Å²) in [6.45, 7) is 0. The molecular formula is C34H26F2N8O2. The quantitative estimate of drug-likeness (QED) is 0.171. The van der Waals surface area contributed by atoms with Gasteiger partial charge in [-0.25, -0.2) is 28.7 Å². The van der Waals surface area contributed by atoms with E-state index >= 15 is 0 Å². The van der Waals surface area contributed by atoms with Crippen molar-refractivity contribution in [1.82, 2.24) is 19.9 Å². The zero-order valence-electron chi connectivity index (χ0n) is 24.1. The molecule has 0 fully saturated rings. The smallest absolute Gasteiger partial charge is 0.255 e. The summed E-state index contributed by atoms with van der Waals surface area (Å²) in [7, 11) is 0. The first-order valence-electron chi connectivity index (χ1n) is 13.8. The molecule has 4 aromatic carbocycles. The van der Waals surface area contributed by atoms with Crippen LogP contribution in [-0.2, 0) is 0 Å². The van der Waals surface area contributed by atoms with E-state index in [1.807, 2.05) is 24.3 Å². The summed E-state index contributed by atoms with van der Waals surface area (Å²) in [6, 6.07) is 28.7. The Bertz CT molecular complexity index is 1840. The molecule has 0 spiro atoms. The molecule has 0 atom stereocenters. The Morgan fingerprint density at radius 2 is 0.935 bits per heavy atom. The normalized spacial score (nSPS) is 10.3. The summed E-state index contributed by atoms with van der Waals surface area (Å²) in [4.78, 5) is 40.0. The van der Waals surface area contributed by atoms with Crippen LogP contribution in [0.3, 0.4) is 0 Å². The van der Waals surface area contributed by atoms with Crippen LogP contribution in [0.2, 0.25) is 0 Å². The molecule has 0 aliphatic rings. The van der Waals surface area contributed by atoms with Crippen molar-refractivity contribution < 1.29 is 18.4 Å². The van der Waals surface area contributed by atoms with Gasteiger partial charge in [-0.05, 0) is 72.8 Å². The fourth-order valence-corrected chi connectivity index (χ4v) is 4.18. The van der Waals surface area contributed by atoms with Crippen LogP contribution in [0.25, 0.3) is 22.5 Å². The number of anilines is 4. The van der Waals surface area contributed by atoms with Gasteiger partial charge in [0, 0.05) is 46.0 Å². The highest BCUT2D eigenvalue weighted by atomic mass is 19.1. The molecule has 0 aliphatic heterocycles. The van der Waals surface area contributed by atoms with E-state index < -0.39 is 11.6 Å². The number of aromatic nitrogens is 4. The Morgan fingerprint density at radius 3 is 1.28 bits per heavy atom. The number of hydrogen-bond donors (Lipinski definition) is 4. The summed E-state index contributed by atoms with van der Waals surface area (Å²) in [5.74, 6) is -1.24. The van der Waals surface area contributed by atoms with Gasteiger partial charge in [0.1, 0.15) is 11.6 Å². The van der Waals surface area contributed by atoms with Gasteiger partial charge in [0.25, 0.3) is 11.8 Å². The third kappa shape index (κ3) is 8.29. The fourth-order valence-electron chi connectivity index (χ4n) is 4.18. The third-order valence-corrected chi connectivity index (χ3v) is 6.40. The monoisotopic (exact) mass is 616 g/mol. The second kappa shape index (κ2) is 14.3. The summed E-state index contributed by atoms with van der Waals surface area (Å²) < 4.78 is 26.3. The first kappa shape index (κ1) is 30.9. The summed E-state index contributed by atoms with van der Waals surface area (Å²) in [5.41, 5.74) is 15.9. The molecule has 2 amide bonds. The van der Waals surface area contributed by atoms with Gasteiger partial charge in [0.05, 0.1) is 11.4 Å². The van der Waals surface area contributed by atoms with E-state index in [-0.39, 0.29) is 34.8 Å². The van der Waals surface area contributed by atoms with E-state index in [9.17, 15) is 18.4 Å². The molecule has 228 valence electrons. The topological polar surface area (TPSA) is 162 Å². The van der Waals surface area contributed by atoms with Crippen molar-refractivity contribution in [3.63, 3.8) is 0 Å². The molecule has 46 heavy (non-hydrogen) atoms. The molecule has 6 rings (SSSR count). The molecule has 2 heterocycles. The van der Waals surface area contributed by atoms with Gasteiger partial charge in [0.2, 0.25) is 11.9 Å². The minimum absolute atomic E-state index is 0.200. The van der Waals surface area contributed by atoms with Crippen LogP contribution in [0.1, 0.15) is 20.7 Å². The van der Waals surface area contributed by atoms with Crippen molar-refractivity contribution in [1.29, 1.82) is 0 Å². The van der Waals surface area contributed by atoms with E-state index in [0.717, 1.165) is 11.1 Å². The van der Waals surface area contributed by atoms with Gasteiger partial charge >= 0.3 is 0 Å². The summed E-state index contributed by atoms with van der Waals surface area (Å²) >= 11 is 0. The van der Waals surface area contributed by atoms with Crippen LogP contribution in [0.5, 0.6) is 0 Å². The van der Waals surface area contributed by atoms with E-state index in [4.69, 9.17) is 11.5 Å². The van der Waals surface area contributed by atoms with Crippen LogP contribution in [0.15, 0.2) is 122 Å². The van der Waals surface area contributed by atoms with Gasteiger partial charge < -0.3 is 22.1 Å². The molecule has 0 saturated carbocycles. The Hall–Kier alpha value is -6.56. The lowest BCUT2D eigenvalue weighted by Crippen LogP contribution is -2.11. The molecule has 12 heteroatoms. The lowest BCUT2D eigenvalue weighted by Gasteiger charge is -2.07. The second-order valence-electron chi connectivity index (χ2n) is 9.68. The predicted molar refractivity (Wildman–Crippen MR) is 172 cm³/mol. The lowest BCUT2D eigenvalue weighted by molar-refractivity contribution is 0.101. The number of nitrogen functional groups attached to an aromatic ring is 2. The number of amides is 2. The summed E-state index contributed by atoms with van der Waals surface area (Å²) in [5, 5.41) is 5.42. The van der Waals surface area contributed by atoms with Crippen molar-refractivity contribution in [3.05, 3.63) is 144 Å². The average molecular weight is 617 g/mol. The number of hydrogen-bond acceptors (Lipinski definition) is 8. The highest BCUT2D eigenvalue weighted by molar-refractivity contribution is 6.05. The van der Waals surface area contributed by atoms with E-state index in [1.165, 1.54) is 36.4 Å². The van der Waals surface area contributed by atoms with Gasteiger partial charge in [-0.1, -0.05) is 36.4 Å². The van der Waals surface area contributed by atoms with E-state index in [1.54, 1.807) is 60.9 Å². The Balaban J connectivity index is 0.000000181. The second-order valence-corrected chi connectivity index (χ2v) is 9.68. The zero-order valence-corrected chi connectivity index (χ0v) is 24.1. The number of benzene rings is 4. The maximum Gasteiger partial charge on any atom is 0.255 e. The number of carbonyl (C=O) groups excluding carboxylic acids is 2. The number of nitrogens with one attached hydrogen (secondary N) is 2. The van der Waals surface area contributed by atoms with E-state index in [0.29, 0.717) is 22.8 Å². The molecule has 10 nitrogen and oxygen atoms in total. The molecule has 0 radical (unpaired) electrons. The van der Waals surface area contributed by atoms with Gasteiger partial charge in [0.15, 0.2) is 0 Å². The molecular weight excluding hydrogens is 590 g/mol. The lowest BCUT2D eigenvalue weighted by atomic mass is 10.1. The number of nitrogens with zero attached hydrogens (tertiary/aromatic N) is 4. The average Bonchev–Trinajstić information content (AvgIpc) is 3.06. The van der Waals surface area contributed by atoms with Gasteiger partial charge in [-0.15, -0.1) is 0 Å². The number of rotatable bonds is 6. The molecule has 0 unspecified atom stereocenters. The molecule has 0 saturated heterocycles. The predicted octanol–water partition coefficient (Wildman–Crippen LogP) is 6.23. The first-order chi connectivity index (χ1) is 22.2. The van der Waals surface area contributed by atoms with Crippen LogP contribution in [-0.4, -0.2) is 31.8 Å². The van der Waals surface area contributed by atoms with Crippen LogP contribution in [0, 0.1) is 11.6 Å². The maximum absolute atomic E-state index is 13.1. The van der Waals surface area contributed by atoms with Crippen molar-refractivity contribution >= 4 is 35.1 Å². The van der Waals surface area contributed by atoms with Gasteiger partial charge in [-0.2, -0.15) is 0 Å². The number of carbonyl (C=O) groups is 2. The summed E-state index contributed by atoms with van der Waals surface area (Å²) in [6.07, 6.45) is 3.16. The fraction of sp³-hybridized carbons (Fsp3) is 0.